The Morgan fingerprint density at radius 3 is 2.26 bits per heavy atom. The zero-order valence-electron chi connectivity index (χ0n) is 23.0. The Morgan fingerprint density at radius 1 is 1.03 bits per heavy atom. The number of aryl methyl sites for hydroxylation is 1. The summed E-state index contributed by atoms with van der Waals surface area (Å²) in [5.41, 5.74) is 2.13. The molecular weight excluding hydrogens is 502 g/mol. The molecule has 2 amide bonds. The Morgan fingerprint density at radius 2 is 1.68 bits per heavy atom. The molecule has 0 aliphatic heterocycles. The highest BCUT2D eigenvalue weighted by atomic mass is 32.2. The zero-order chi connectivity index (χ0) is 27.7. The van der Waals surface area contributed by atoms with Crippen molar-refractivity contribution in [2.75, 3.05) is 24.2 Å². The molecule has 1 fully saturated rings. The quantitative estimate of drug-likeness (QED) is 0.431. The maximum absolute atomic E-state index is 13.9. The number of carbonyl (C=O) groups excluding carboxylic acids is 2. The smallest absolute Gasteiger partial charge is 0.244 e. The van der Waals surface area contributed by atoms with Crippen LogP contribution in [0.2, 0.25) is 0 Å². The van der Waals surface area contributed by atoms with E-state index in [2.05, 4.69) is 5.32 Å². The standard InChI is InChI=1S/C29H41N3O5S/c1-5-23-12-10-11-15-27(23)32(38(4,35)36)21-28(33)31(20-22-16-18-25(37-3)19-17-22)26(6-2)29(34)30-24-13-8-7-9-14-24/h10-12,15-19,24,26H,5-9,13-14,20-21H2,1-4H3,(H,30,34)/t26-/m1/s1. The molecule has 9 heteroatoms. The normalized spacial score (nSPS) is 14.9. The fourth-order valence-corrected chi connectivity index (χ4v) is 5.92. The van der Waals surface area contributed by atoms with E-state index in [0.29, 0.717) is 24.3 Å². The molecular formula is C29H41N3O5S. The summed E-state index contributed by atoms with van der Waals surface area (Å²) in [4.78, 5) is 28.9. The molecule has 1 aliphatic carbocycles. The molecule has 1 aliphatic rings. The summed E-state index contributed by atoms with van der Waals surface area (Å²) in [6.45, 7) is 3.60. The predicted octanol–water partition coefficient (Wildman–Crippen LogP) is 4.28. The number of ether oxygens (including phenoxy) is 1. The van der Waals surface area contributed by atoms with Gasteiger partial charge in [0.2, 0.25) is 21.8 Å². The van der Waals surface area contributed by atoms with Crippen LogP contribution in [-0.2, 0) is 32.6 Å². The third-order valence-corrected chi connectivity index (χ3v) is 8.30. The molecule has 0 bridgehead atoms. The molecule has 38 heavy (non-hydrogen) atoms. The molecule has 0 aromatic heterocycles. The van der Waals surface area contributed by atoms with Crippen molar-refractivity contribution in [2.45, 2.75) is 77.4 Å². The van der Waals surface area contributed by atoms with Crippen LogP contribution in [0.25, 0.3) is 0 Å². The van der Waals surface area contributed by atoms with E-state index in [1.54, 1.807) is 31.4 Å². The van der Waals surface area contributed by atoms with Gasteiger partial charge in [-0.05, 0) is 55.0 Å². The third-order valence-electron chi connectivity index (χ3n) is 7.17. The number of amides is 2. The van der Waals surface area contributed by atoms with Gasteiger partial charge < -0.3 is 15.0 Å². The number of benzene rings is 2. The highest BCUT2D eigenvalue weighted by Gasteiger charge is 2.33. The highest BCUT2D eigenvalue weighted by Crippen LogP contribution is 2.25. The molecule has 3 rings (SSSR count). The predicted molar refractivity (Wildman–Crippen MR) is 151 cm³/mol. The largest absolute Gasteiger partial charge is 0.497 e. The maximum atomic E-state index is 13.9. The Bertz CT molecular complexity index is 1180. The maximum Gasteiger partial charge on any atom is 0.244 e. The lowest BCUT2D eigenvalue weighted by Gasteiger charge is -2.34. The van der Waals surface area contributed by atoms with Crippen LogP contribution in [0.3, 0.4) is 0 Å². The van der Waals surface area contributed by atoms with Gasteiger partial charge in [0.05, 0.1) is 19.1 Å². The third kappa shape index (κ3) is 7.72. The van der Waals surface area contributed by atoms with Gasteiger partial charge in [-0.2, -0.15) is 0 Å². The molecule has 2 aromatic rings. The van der Waals surface area contributed by atoms with Crippen LogP contribution in [0.4, 0.5) is 5.69 Å². The summed E-state index contributed by atoms with van der Waals surface area (Å²) >= 11 is 0. The van der Waals surface area contributed by atoms with Gasteiger partial charge in [-0.1, -0.05) is 63.4 Å². The van der Waals surface area contributed by atoms with E-state index in [4.69, 9.17) is 4.74 Å². The van der Waals surface area contributed by atoms with Gasteiger partial charge in [0, 0.05) is 12.6 Å². The lowest BCUT2D eigenvalue weighted by atomic mass is 9.95. The van der Waals surface area contributed by atoms with Crippen LogP contribution in [0.15, 0.2) is 48.5 Å². The molecule has 0 unspecified atom stereocenters. The zero-order valence-corrected chi connectivity index (χ0v) is 23.8. The van der Waals surface area contributed by atoms with Crippen molar-refractivity contribution in [3.63, 3.8) is 0 Å². The molecule has 8 nitrogen and oxygen atoms in total. The summed E-state index contributed by atoms with van der Waals surface area (Å²) in [5, 5.41) is 3.16. The van der Waals surface area contributed by atoms with E-state index in [0.717, 1.165) is 47.4 Å². The Balaban J connectivity index is 1.93. The molecule has 208 valence electrons. The van der Waals surface area contributed by atoms with Crippen molar-refractivity contribution in [1.29, 1.82) is 0 Å². The van der Waals surface area contributed by atoms with Crippen LogP contribution in [0.1, 0.15) is 63.5 Å². The van der Waals surface area contributed by atoms with E-state index in [9.17, 15) is 18.0 Å². The number of para-hydroxylation sites is 1. The molecule has 1 atom stereocenters. The monoisotopic (exact) mass is 543 g/mol. The second-order valence-corrected chi connectivity index (χ2v) is 11.8. The number of nitrogens with one attached hydrogen (secondary N) is 1. The van der Waals surface area contributed by atoms with Crippen LogP contribution in [0.5, 0.6) is 5.75 Å². The first kappa shape index (κ1) is 29.5. The van der Waals surface area contributed by atoms with Gasteiger partial charge in [0.15, 0.2) is 0 Å². The van der Waals surface area contributed by atoms with E-state index in [-0.39, 0.29) is 25.0 Å². The highest BCUT2D eigenvalue weighted by molar-refractivity contribution is 7.92. The van der Waals surface area contributed by atoms with Gasteiger partial charge in [0.25, 0.3) is 0 Å². The second-order valence-electron chi connectivity index (χ2n) is 9.89. The number of hydrogen-bond donors (Lipinski definition) is 1. The van der Waals surface area contributed by atoms with Crippen LogP contribution < -0.4 is 14.4 Å². The van der Waals surface area contributed by atoms with Crippen molar-refractivity contribution in [1.82, 2.24) is 10.2 Å². The molecule has 0 radical (unpaired) electrons. The number of rotatable bonds is 12. The average molecular weight is 544 g/mol. The van der Waals surface area contributed by atoms with E-state index in [1.165, 1.54) is 11.3 Å². The van der Waals surface area contributed by atoms with E-state index >= 15 is 0 Å². The first-order chi connectivity index (χ1) is 18.2. The van der Waals surface area contributed by atoms with Crippen LogP contribution >= 0.6 is 0 Å². The summed E-state index contributed by atoms with van der Waals surface area (Å²) in [7, 11) is -2.18. The molecule has 0 spiro atoms. The fourth-order valence-electron chi connectivity index (χ4n) is 5.04. The van der Waals surface area contributed by atoms with Crippen molar-refractivity contribution < 1.29 is 22.7 Å². The number of nitrogens with zero attached hydrogens (tertiary/aromatic N) is 2. The summed E-state index contributed by atoms with van der Waals surface area (Å²) in [6, 6.07) is 13.9. The van der Waals surface area contributed by atoms with Crippen molar-refractivity contribution >= 4 is 27.5 Å². The topological polar surface area (TPSA) is 96.0 Å². The van der Waals surface area contributed by atoms with Crippen molar-refractivity contribution in [3.05, 3.63) is 59.7 Å². The first-order valence-corrected chi connectivity index (χ1v) is 15.3. The summed E-state index contributed by atoms with van der Waals surface area (Å²) in [6.07, 6.45) is 7.33. The first-order valence-electron chi connectivity index (χ1n) is 13.5. The molecule has 1 N–H and O–H groups in total. The van der Waals surface area contributed by atoms with Crippen molar-refractivity contribution in [2.24, 2.45) is 0 Å². The van der Waals surface area contributed by atoms with Gasteiger partial charge in [-0.25, -0.2) is 8.42 Å². The summed E-state index contributed by atoms with van der Waals surface area (Å²) < 4.78 is 32.2. The van der Waals surface area contributed by atoms with E-state index < -0.39 is 22.0 Å². The number of carbonyl (C=O) groups is 2. The van der Waals surface area contributed by atoms with Gasteiger partial charge in [0.1, 0.15) is 18.3 Å². The van der Waals surface area contributed by atoms with Crippen LogP contribution in [0, 0.1) is 0 Å². The minimum atomic E-state index is -3.77. The second kappa shape index (κ2) is 13.6. The molecule has 1 saturated carbocycles. The summed E-state index contributed by atoms with van der Waals surface area (Å²) in [5.74, 6) is 0.0667. The lowest BCUT2D eigenvalue weighted by molar-refractivity contribution is -0.140. The number of anilines is 1. The van der Waals surface area contributed by atoms with Gasteiger partial charge in [-0.3, -0.25) is 13.9 Å². The Hall–Kier alpha value is -3.07. The number of hydrogen-bond acceptors (Lipinski definition) is 5. The minimum absolute atomic E-state index is 0.104. The number of sulfonamides is 1. The molecule has 0 saturated heterocycles. The van der Waals surface area contributed by atoms with Gasteiger partial charge >= 0.3 is 0 Å². The minimum Gasteiger partial charge on any atom is -0.497 e. The Labute approximate surface area is 227 Å². The van der Waals surface area contributed by atoms with E-state index in [1.807, 2.05) is 38.1 Å². The average Bonchev–Trinajstić information content (AvgIpc) is 2.91. The van der Waals surface area contributed by atoms with Gasteiger partial charge in [-0.15, -0.1) is 0 Å². The van der Waals surface area contributed by atoms with Crippen molar-refractivity contribution in [3.8, 4) is 5.75 Å². The number of methoxy groups -OCH3 is 1. The molecule has 2 aromatic carbocycles. The fraction of sp³-hybridized carbons (Fsp3) is 0.517. The SMILES string of the molecule is CCc1ccccc1N(CC(=O)N(Cc1ccc(OC)cc1)[C@H](CC)C(=O)NC1CCCCC1)S(C)(=O)=O. The molecule has 0 heterocycles. The van der Waals surface area contributed by atoms with Crippen LogP contribution in [-0.4, -0.2) is 57.1 Å². The lowest BCUT2D eigenvalue weighted by Crippen LogP contribution is -2.54. The Kier molecular flexibility index (Phi) is 10.6.